The zero-order valence-electron chi connectivity index (χ0n) is 10.5. The van der Waals surface area contributed by atoms with Crippen LogP contribution in [0.3, 0.4) is 0 Å². The molecule has 0 radical (unpaired) electrons. The molecular weight excluding hydrogens is 222 g/mol. The van der Waals surface area contributed by atoms with E-state index in [1.165, 1.54) is 17.7 Å². The van der Waals surface area contributed by atoms with Crippen molar-refractivity contribution in [2.45, 2.75) is 6.42 Å². The first-order valence-corrected chi connectivity index (χ1v) is 5.52. The molecule has 96 valence electrons. The van der Waals surface area contributed by atoms with Crippen molar-refractivity contribution in [1.82, 2.24) is 14.0 Å². The molecule has 1 aromatic rings. The summed E-state index contributed by atoms with van der Waals surface area (Å²) in [5.74, 6) is 0. The Balaban J connectivity index is 2.86. The van der Waals surface area contributed by atoms with Gasteiger partial charge in [-0.1, -0.05) is 0 Å². The first-order chi connectivity index (χ1) is 7.97. The largest absolute Gasteiger partial charge is 0.395 e. The highest BCUT2D eigenvalue weighted by Gasteiger charge is 2.06. The molecule has 17 heavy (non-hydrogen) atoms. The average molecular weight is 241 g/mol. The number of nitrogens with zero attached hydrogens (tertiary/aromatic N) is 3. The Kier molecular flexibility index (Phi) is 4.65. The second-order valence-corrected chi connectivity index (χ2v) is 4.15. The predicted octanol–water partition coefficient (Wildman–Crippen LogP) is -1.45. The van der Waals surface area contributed by atoms with E-state index in [0.717, 1.165) is 4.57 Å². The zero-order valence-corrected chi connectivity index (χ0v) is 10.5. The van der Waals surface area contributed by atoms with Crippen molar-refractivity contribution in [1.29, 1.82) is 0 Å². The van der Waals surface area contributed by atoms with Crippen LogP contribution in [0.25, 0.3) is 0 Å². The lowest BCUT2D eigenvalue weighted by molar-refractivity contribution is 0.222. The molecule has 0 fully saturated rings. The Hall–Kier alpha value is -1.40. The molecule has 0 bridgehead atoms. The minimum atomic E-state index is -0.308. The summed E-state index contributed by atoms with van der Waals surface area (Å²) >= 11 is 0. The maximum Gasteiger partial charge on any atom is 0.330 e. The topological polar surface area (TPSA) is 67.5 Å². The van der Waals surface area contributed by atoms with Gasteiger partial charge in [0.2, 0.25) is 0 Å². The van der Waals surface area contributed by atoms with Crippen LogP contribution in [-0.4, -0.2) is 45.9 Å². The molecule has 0 amide bonds. The first-order valence-electron chi connectivity index (χ1n) is 5.52. The maximum atomic E-state index is 11.7. The van der Waals surface area contributed by atoms with Crippen molar-refractivity contribution in [3.63, 3.8) is 0 Å². The molecule has 0 saturated carbocycles. The number of hydrogen-bond acceptors (Lipinski definition) is 4. The predicted molar refractivity (Wildman–Crippen MR) is 65.2 cm³/mol. The van der Waals surface area contributed by atoms with Gasteiger partial charge in [-0.25, -0.2) is 4.79 Å². The molecule has 6 nitrogen and oxygen atoms in total. The fourth-order valence-electron chi connectivity index (χ4n) is 1.61. The van der Waals surface area contributed by atoms with E-state index in [4.69, 9.17) is 5.11 Å². The van der Waals surface area contributed by atoms with Crippen molar-refractivity contribution in [3.05, 3.63) is 32.6 Å². The summed E-state index contributed by atoms with van der Waals surface area (Å²) in [4.78, 5) is 25.1. The van der Waals surface area contributed by atoms with Gasteiger partial charge in [0.25, 0.3) is 5.56 Å². The lowest BCUT2D eigenvalue weighted by Crippen LogP contribution is -2.38. The number of aromatic nitrogens is 2. The second kappa shape index (κ2) is 5.79. The van der Waals surface area contributed by atoms with Crippen molar-refractivity contribution >= 4 is 0 Å². The normalized spacial score (nSPS) is 11.1. The second-order valence-electron chi connectivity index (χ2n) is 4.15. The van der Waals surface area contributed by atoms with Crippen LogP contribution in [0.4, 0.5) is 0 Å². The summed E-state index contributed by atoms with van der Waals surface area (Å²) in [5, 5.41) is 8.76. The van der Waals surface area contributed by atoms with E-state index in [1.54, 1.807) is 7.05 Å². The average Bonchev–Trinajstić information content (AvgIpc) is 2.30. The molecule has 6 heteroatoms. The van der Waals surface area contributed by atoms with Gasteiger partial charge in [0.15, 0.2) is 0 Å². The van der Waals surface area contributed by atoms with Crippen LogP contribution in [0, 0.1) is 0 Å². The quantitative estimate of drug-likeness (QED) is 0.685. The minimum absolute atomic E-state index is 0.103. The molecule has 0 aromatic carbocycles. The highest BCUT2D eigenvalue weighted by Crippen LogP contribution is 1.94. The van der Waals surface area contributed by atoms with E-state index in [2.05, 4.69) is 0 Å². The number of aliphatic hydroxyl groups excluding tert-OH is 1. The number of rotatable bonds is 5. The third kappa shape index (κ3) is 3.28. The van der Waals surface area contributed by atoms with Gasteiger partial charge in [-0.15, -0.1) is 0 Å². The van der Waals surface area contributed by atoms with Gasteiger partial charge >= 0.3 is 5.69 Å². The minimum Gasteiger partial charge on any atom is -0.395 e. The van der Waals surface area contributed by atoms with Gasteiger partial charge in [-0.3, -0.25) is 9.36 Å². The van der Waals surface area contributed by atoms with E-state index in [0.29, 0.717) is 25.2 Å². The molecule has 0 aliphatic carbocycles. The highest BCUT2D eigenvalue weighted by molar-refractivity contribution is 5.02. The monoisotopic (exact) mass is 241 g/mol. The maximum absolute atomic E-state index is 11.7. The summed E-state index contributed by atoms with van der Waals surface area (Å²) < 4.78 is 2.56. The zero-order chi connectivity index (χ0) is 13.0. The van der Waals surface area contributed by atoms with Crippen molar-refractivity contribution in [2.24, 2.45) is 14.1 Å². The summed E-state index contributed by atoms with van der Waals surface area (Å²) in [5.41, 5.74) is 0.119. The summed E-state index contributed by atoms with van der Waals surface area (Å²) in [7, 11) is 5.00. The molecule has 1 heterocycles. The number of hydrogen-bond donors (Lipinski definition) is 1. The van der Waals surface area contributed by atoms with Crippen LogP contribution in [0.1, 0.15) is 5.69 Å². The molecule has 0 aliphatic heterocycles. The molecule has 0 atom stereocenters. The molecule has 0 aliphatic rings. The van der Waals surface area contributed by atoms with Gasteiger partial charge in [-0.05, 0) is 7.05 Å². The molecule has 1 N–H and O–H groups in total. The Labute approximate surface area is 99.7 Å². The molecule has 1 aromatic heterocycles. The molecule has 1 rings (SSSR count). The van der Waals surface area contributed by atoms with Crippen LogP contribution in [-0.2, 0) is 20.5 Å². The Morgan fingerprint density at radius 2 is 1.88 bits per heavy atom. The Morgan fingerprint density at radius 3 is 2.47 bits per heavy atom. The Morgan fingerprint density at radius 1 is 1.24 bits per heavy atom. The van der Waals surface area contributed by atoms with Crippen LogP contribution < -0.4 is 11.2 Å². The van der Waals surface area contributed by atoms with Crippen LogP contribution in [0.15, 0.2) is 15.7 Å². The molecule has 0 spiro atoms. The lowest BCUT2D eigenvalue weighted by atomic mass is 10.2. The summed E-state index contributed by atoms with van der Waals surface area (Å²) in [6.07, 6.45) is 0.609. The highest BCUT2D eigenvalue weighted by atomic mass is 16.3. The van der Waals surface area contributed by atoms with Crippen molar-refractivity contribution < 1.29 is 5.11 Å². The van der Waals surface area contributed by atoms with E-state index < -0.39 is 0 Å². The molecular formula is C11H19N3O3. The van der Waals surface area contributed by atoms with Crippen molar-refractivity contribution in [2.75, 3.05) is 26.7 Å². The van der Waals surface area contributed by atoms with Gasteiger partial charge in [0.1, 0.15) is 0 Å². The number of likely N-dealkylation sites (N-methyl/N-ethyl adjacent to an activating group) is 1. The van der Waals surface area contributed by atoms with Gasteiger partial charge < -0.3 is 14.6 Å². The fraction of sp³-hybridized carbons (Fsp3) is 0.636. The van der Waals surface area contributed by atoms with Crippen LogP contribution in [0.2, 0.25) is 0 Å². The van der Waals surface area contributed by atoms with Crippen molar-refractivity contribution in [3.8, 4) is 0 Å². The van der Waals surface area contributed by atoms with E-state index >= 15 is 0 Å². The summed E-state index contributed by atoms with van der Waals surface area (Å²) in [6.45, 7) is 1.38. The van der Waals surface area contributed by atoms with Gasteiger partial charge in [0, 0.05) is 45.4 Å². The van der Waals surface area contributed by atoms with Crippen LogP contribution >= 0.6 is 0 Å². The van der Waals surface area contributed by atoms with Crippen LogP contribution in [0.5, 0.6) is 0 Å². The van der Waals surface area contributed by atoms with E-state index in [9.17, 15) is 9.59 Å². The standard InChI is InChI=1S/C11H19N3O3/c1-12(6-7-15)5-4-9-8-10(16)14(3)11(17)13(9)2/h8,15H,4-7H2,1-3H3. The molecule has 0 unspecified atom stereocenters. The first kappa shape index (κ1) is 13.7. The third-order valence-corrected chi connectivity index (χ3v) is 2.86. The van der Waals surface area contributed by atoms with Gasteiger partial charge in [0.05, 0.1) is 6.61 Å². The fourth-order valence-corrected chi connectivity index (χ4v) is 1.61. The Bertz CT molecular complexity index is 490. The SMILES string of the molecule is CN(CCO)CCc1cc(=O)n(C)c(=O)n1C. The lowest BCUT2D eigenvalue weighted by Gasteiger charge is -2.16. The van der Waals surface area contributed by atoms with Gasteiger partial charge in [-0.2, -0.15) is 0 Å². The number of aliphatic hydroxyl groups is 1. The van der Waals surface area contributed by atoms with E-state index in [1.807, 2.05) is 11.9 Å². The van der Waals surface area contributed by atoms with E-state index in [-0.39, 0.29) is 17.9 Å². The summed E-state index contributed by atoms with van der Waals surface area (Å²) in [6, 6.07) is 1.48. The smallest absolute Gasteiger partial charge is 0.330 e. The third-order valence-electron chi connectivity index (χ3n) is 2.86. The molecule has 0 saturated heterocycles.